The van der Waals surface area contributed by atoms with Crippen LogP contribution < -0.4 is 10.2 Å². The van der Waals surface area contributed by atoms with E-state index in [2.05, 4.69) is 39.4 Å². The molecular weight excluding hydrogens is 326 g/mol. The molecule has 0 radical (unpaired) electrons. The number of para-hydroxylation sites is 1. The lowest BCUT2D eigenvalue weighted by atomic mass is 10.1. The molecule has 0 aliphatic heterocycles. The minimum Gasteiger partial charge on any atom is -0.366 e. The number of hydrogen-bond acceptors (Lipinski definition) is 6. The number of nitrogens with one attached hydrogen (secondary N) is 1. The fraction of sp³-hybridized carbons (Fsp3) is 0.263. The van der Waals surface area contributed by atoms with Gasteiger partial charge in [-0.25, -0.2) is 9.97 Å². The highest BCUT2D eigenvalue weighted by molar-refractivity contribution is 5.84. The average Bonchev–Trinajstić information content (AvgIpc) is 3.14. The summed E-state index contributed by atoms with van der Waals surface area (Å²) in [6, 6.07) is 12.4. The van der Waals surface area contributed by atoms with Crippen LogP contribution in [0, 0.1) is 0 Å². The summed E-state index contributed by atoms with van der Waals surface area (Å²) in [6.45, 7) is 2.74. The van der Waals surface area contributed by atoms with E-state index in [0.29, 0.717) is 12.3 Å². The van der Waals surface area contributed by atoms with Crippen LogP contribution in [0.2, 0.25) is 0 Å². The molecule has 0 aliphatic rings. The van der Waals surface area contributed by atoms with E-state index in [-0.39, 0.29) is 0 Å². The van der Waals surface area contributed by atoms with Crippen molar-refractivity contribution in [2.75, 3.05) is 24.3 Å². The Morgan fingerprint density at radius 3 is 2.77 bits per heavy atom. The second-order valence-corrected chi connectivity index (χ2v) is 6.36. The lowest BCUT2D eigenvalue weighted by molar-refractivity contribution is 0.901. The summed E-state index contributed by atoms with van der Waals surface area (Å²) in [5.41, 5.74) is 3.16. The maximum atomic E-state index is 4.72. The molecule has 0 unspecified atom stereocenters. The molecule has 0 atom stereocenters. The first kappa shape index (κ1) is 16.3. The van der Waals surface area contributed by atoms with Crippen LogP contribution >= 0.6 is 0 Å². The molecule has 0 spiro atoms. The Labute approximate surface area is 151 Å². The fourth-order valence-electron chi connectivity index (χ4n) is 2.96. The normalized spacial score (nSPS) is 11.2. The molecule has 4 aromatic rings. The van der Waals surface area contributed by atoms with Crippen molar-refractivity contribution in [2.45, 2.75) is 19.9 Å². The highest BCUT2D eigenvalue weighted by Gasteiger charge is 2.10. The number of fused-ring (bicyclic) bond motifs is 2. The molecule has 0 saturated heterocycles. The average molecular weight is 347 g/mol. The van der Waals surface area contributed by atoms with Crippen LogP contribution in [-0.4, -0.2) is 38.7 Å². The van der Waals surface area contributed by atoms with Crippen molar-refractivity contribution in [3.63, 3.8) is 0 Å². The molecule has 3 heterocycles. The number of nitrogens with zero attached hydrogens (tertiary/aromatic N) is 6. The van der Waals surface area contributed by atoms with E-state index in [1.54, 1.807) is 4.52 Å². The first-order valence-electron chi connectivity index (χ1n) is 8.65. The number of hydrogen-bond donors (Lipinski definition) is 1. The predicted octanol–water partition coefficient (Wildman–Crippen LogP) is 2.91. The van der Waals surface area contributed by atoms with Gasteiger partial charge in [0.15, 0.2) is 0 Å². The summed E-state index contributed by atoms with van der Waals surface area (Å²) < 4.78 is 1.73. The molecule has 7 nitrogen and oxygen atoms in total. The summed E-state index contributed by atoms with van der Waals surface area (Å²) >= 11 is 0. The summed E-state index contributed by atoms with van der Waals surface area (Å²) in [5.74, 6) is 2.44. The molecular formula is C19H21N7. The fourth-order valence-corrected chi connectivity index (χ4v) is 2.96. The predicted molar refractivity (Wildman–Crippen MR) is 104 cm³/mol. The van der Waals surface area contributed by atoms with Gasteiger partial charge in [0.1, 0.15) is 18.0 Å². The van der Waals surface area contributed by atoms with Crippen LogP contribution in [0.25, 0.3) is 16.7 Å². The Morgan fingerprint density at radius 1 is 1.12 bits per heavy atom. The molecule has 132 valence electrons. The zero-order valence-electron chi connectivity index (χ0n) is 15.1. The van der Waals surface area contributed by atoms with Gasteiger partial charge in [0.2, 0.25) is 0 Å². The maximum absolute atomic E-state index is 4.72. The van der Waals surface area contributed by atoms with E-state index in [4.69, 9.17) is 4.98 Å². The van der Waals surface area contributed by atoms with E-state index >= 15 is 0 Å². The number of aryl methyl sites for hydroxylation is 1. The van der Waals surface area contributed by atoms with Crippen molar-refractivity contribution in [3.05, 3.63) is 54.0 Å². The number of anilines is 2. The van der Waals surface area contributed by atoms with Gasteiger partial charge < -0.3 is 10.2 Å². The Morgan fingerprint density at radius 2 is 1.96 bits per heavy atom. The smallest absolute Gasteiger partial charge is 0.254 e. The van der Waals surface area contributed by atoms with E-state index < -0.39 is 0 Å². The van der Waals surface area contributed by atoms with E-state index in [1.165, 1.54) is 11.9 Å². The molecule has 1 N–H and O–H groups in total. The Bertz CT molecular complexity index is 1070. The van der Waals surface area contributed by atoms with Crippen molar-refractivity contribution in [1.82, 2.24) is 24.6 Å². The summed E-state index contributed by atoms with van der Waals surface area (Å²) in [6.07, 6.45) is 2.37. The standard InChI is InChI=1S/C19H21N7/c1-4-14-10-17(26-19(23-14)21-12-22-26)20-11-13-9-18(25(2)3)24-16-8-6-5-7-15(13)16/h5-10,12,20H,4,11H2,1-3H3. The lowest BCUT2D eigenvalue weighted by Crippen LogP contribution is -2.13. The molecule has 0 fully saturated rings. The van der Waals surface area contributed by atoms with Crippen molar-refractivity contribution in [3.8, 4) is 0 Å². The lowest BCUT2D eigenvalue weighted by Gasteiger charge is -2.16. The quantitative estimate of drug-likeness (QED) is 0.598. The molecule has 4 rings (SSSR count). The molecule has 0 aliphatic carbocycles. The third-order valence-electron chi connectivity index (χ3n) is 4.37. The van der Waals surface area contributed by atoms with Crippen LogP contribution in [0.1, 0.15) is 18.2 Å². The molecule has 0 bridgehead atoms. The van der Waals surface area contributed by atoms with Crippen LogP contribution in [0.5, 0.6) is 0 Å². The first-order chi connectivity index (χ1) is 12.7. The van der Waals surface area contributed by atoms with Crippen LogP contribution in [0.15, 0.2) is 42.7 Å². The SMILES string of the molecule is CCc1cc(NCc2cc(N(C)C)nc3ccccc23)n2ncnc2n1. The van der Waals surface area contributed by atoms with Crippen molar-refractivity contribution < 1.29 is 0 Å². The topological polar surface area (TPSA) is 71.2 Å². The van der Waals surface area contributed by atoms with Gasteiger partial charge in [0, 0.05) is 37.8 Å². The van der Waals surface area contributed by atoms with Crippen LogP contribution in [0.4, 0.5) is 11.6 Å². The van der Waals surface area contributed by atoms with Crippen molar-refractivity contribution >= 4 is 28.3 Å². The zero-order chi connectivity index (χ0) is 18.1. The van der Waals surface area contributed by atoms with Gasteiger partial charge in [0.05, 0.1) is 5.52 Å². The largest absolute Gasteiger partial charge is 0.366 e. The number of pyridine rings is 1. The number of benzene rings is 1. The van der Waals surface area contributed by atoms with Crippen LogP contribution in [0.3, 0.4) is 0 Å². The molecule has 0 amide bonds. The monoisotopic (exact) mass is 347 g/mol. The summed E-state index contributed by atoms with van der Waals surface area (Å²) in [7, 11) is 4.01. The molecule has 0 saturated carbocycles. The third kappa shape index (κ3) is 2.92. The third-order valence-corrected chi connectivity index (χ3v) is 4.37. The molecule has 1 aromatic carbocycles. The van der Waals surface area contributed by atoms with Gasteiger partial charge >= 0.3 is 0 Å². The molecule has 26 heavy (non-hydrogen) atoms. The van der Waals surface area contributed by atoms with Crippen molar-refractivity contribution in [1.29, 1.82) is 0 Å². The van der Waals surface area contributed by atoms with Gasteiger partial charge in [-0.1, -0.05) is 25.1 Å². The van der Waals surface area contributed by atoms with Gasteiger partial charge in [-0.3, -0.25) is 0 Å². The highest BCUT2D eigenvalue weighted by Crippen LogP contribution is 2.23. The minimum absolute atomic E-state index is 0.611. The second kappa shape index (κ2) is 6.59. The summed E-state index contributed by atoms with van der Waals surface area (Å²) in [4.78, 5) is 15.4. The summed E-state index contributed by atoms with van der Waals surface area (Å²) in [5, 5.41) is 8.92. The first-order valence-corrected chi connectivity index (χ1v) is 8.65. The van der Waals surface area contributed by atoms with Gasteiger partial charge in [-0.05, 0) is 24.1 Å². The van der Waals surface area contributed by atoms with Gasteiger partial charge in [-0.15, -0.1) is 0 Å². The molecule has 3 aromatic heterocycles. The van der Waals surface area contributed by atoms with E-state index in [9.17, 15) is 0 Å². The Balaban J connectivity index is 1.73. The Kier molecular flexibility index (Phi) is 4.12. The van der Waals surface area contributed by atoms with Crippen molar-refractivity contribution in [2.24, 2.45) is 0 Å². The highest BCUT2D eigenvalue weighted by atomic mass is 15.3. The minimum atomic E-state index is 0.611. The van der Waals surface area contributed by atoms with E-state index in [0.717, 1.165) is 34.7 Å². The van der Waals surface area contributed by atoms with Gasteiger partial charge in [0.25, 0.3) is 5.78 Å². The Hall–Kier alpha value is -3.22. The molecule has 7 heteroatoms. The van der Waals surface area contributed by atoms with E-state index in [1.807, 2.05) is 43.3 Å². The van der Waals surface area contributed by atoms with Crippen LogP contribution in [-0.2, 0) is 13.0 Å². The zero-order valence-corrected chi connectivity index (χ0v) is 15.1. The number of rotatable bonds is 5. The maximum Gasteiger partial charge on any atom is 0.254 e. The van der Waals surface area contributed by atoms with Gasteiger partial charge in [-0.2, -0.15) is 14.6 Å². The number of aromatic nitrogens is 5. The second-order valence-electron chi connectivity index (χ2n) is 6.36.